The molecule has 0 aliphatic carbocycles. The van der Waals surface area contributed by atoms with Gasteiger partial charge in [0, 0.05) is 6.07 Å². The minimum atomic E-state index is -0.982. The van der Waals surface area contributed by atoms with Crippen molar-refractivity contribution in [3.63, 3.8) is 0 Å². The average Bonchev–Trinajstić information content (AvgIpc) is 2.69. The quantitative estimate of drug-likeness (QED) is 0.704. The Labute approximate surface area is 100 Å². The second-order valence-electron chi connectivity index (χ2n) is 3.88. The zero-order valence-corrected chi connectivity index (χ0v) is 9.15. The molecule has 0 unspecified atom stereocenters. The molecule has 0 saturated heterocycles. The highest BCUT2D eigenvalue weighted by molar-refractivity contribution is 5.77. The van der Waals surface area contributed by atoms with E-state index >= 15 is 0 Å². The number of H-pyrrole nitrogens is 1. The van der Waals surface area contributed by atoms with Gasteiger partial charge in [0.1, 0.15) is 0 Å². The summed E-state index contributed by atoms with van der Waals surface area (Å²) in [6.45, 7) is 0. The lowest BCUT2D eigenvalue weighted by molar-refractivity contribution is 0.508. The molecule has 0 aliphatic heterocycles. The van der Waals surface area contributed by atoms with Crippen molar-refractivity contribution in [2.45, 2.75) is 0 Å². The number of nitrogens with zero attached hydrogens (tertiary/aromatic N) is 1. The van der Waals surface area contributed by atoms with Crippen molar-refractivity contribution in [3.05, 3.63) is 64.6 Å². The van der Waals surface area contributed by atoms with Crippen LogP contribution in [0.15, 0.2) is 47.3 Å². The highest BCUT2D eigenvalue weighted by Crippen LogP contribution is 2.17. The number of imidazole rings is 1. The van der Waals surface area contributed by atoms with Crippen molar-refractivity contribution in [2.24, 2.45) is 0 Å². The summed E-state index contributed by atoms with van der Waals surface area (Å²) in [5, 5.41) is 0. The molecule has 3 aromatic rings. The third-order valence-electron chi connectivity index (χ3n) is 2.75. The van der Waals surface area contributed by atoms with Gasteiger partial charge >= 0.3 is 5.69 Å². The Kier molecular flexibility index (Phi) is 2.26. The van der Waals surface area contributed by atoms with Crippen LogP contribution in [0, 0.1) is 11.6 Å². The Hall–Kier alpha value is -2.43. The molecule has 1 heterocycles. The van der Waals surface area contributed by atoms with E-state index in [-0.39, 0.29) is 11.4 Å². The molecule has 90 valence electrons. The Bertz CT molecular complexity index is 789. The Balaban J connectivity index is 2.34. The number of aromatic amines is 1. The number of hydrogen-bond donors (Lipinski definition) is 1. The lowest BCUT2D eigenvalue weighted by atomic mass is 10.2. The molecule has 3 rings (SSSR count). The van der Waals surface area contributed by atoms with Crippen molar-refractivity contribution in [2.75, 3.05) is 0 Å². The number of hydrogen-bond acceptors (Lipinski definition) is 1. The molecule has 1 aromatic heterocycles. The number of rotatable bonds is 1. The normalized spacial score (nSPS) is 11.0. The molecule has 1 N–H and O–H groups in total. The fourth-order valence-electron chi connectivity index (χ4n) is 1.94. The Morgan fingerprint density at radius 2 is 1.78 bits per heavy atom. The molecule has 0 radical (unpaired) electrons. The standard InChI is InChI=1S/C13H8F2N2O/c14-9-6-5-8(7-10(9)15)17-12-4-2-1-3-11(12)16-13(17)18/h1-7H,(H,16,18). The summed E-state index contributed by atoms with van der Waals surface area (Å²) in [7, 11) is 0. The summed E-state index contributed by atoms with van der Waals surface area (Å²) >= 11 is 0. The van der Waals surface area contributed by atoms with Crippen molar-refractivity contribution in [3.8, 4) is 5.69 Å². The molecule has 0 atom stereocenters. The summed E-state index contributed by atoms with van der Waals surface area (Å²) in [4.78, 5) is 14.5. The van der Waals surface area contributed by atoms with Crippen LogP contribution in [-0.2, 0) is 0 Å². The zero-order valence-electron chi connectivity index (χ0n) is 9.15. The van der Waals surface area contributed by atoms with Crippen molar-refractivity contribution >= 4 is 11.0 Å². The number of benzene rings is 2. The smallest absolute Gasteiger partial charge is 0.305 e. The van der Waals surface area contributed by atoms with Crippen molar-refractivity contribution in [1.82, 2.24) is 9.55 Å². The van der Waals surface area contributed by atoms with Crippen LogP contribution in [0.4, 0.5) is 8.78 Å². The van der Waals surface area contributed by atoms with E-state index in [0.717, 1.165) is 12.1 Å². The Morgan fingerprint density at radius 3 is 2.56 bits per heavy atom. The molecule has 0 spiro atoms. The average molecular weight is 246 g/mol. The first-order valence-corrected chi connectivity index (χ1v) is 5.32. The molecule has 2 aromatic carbocycles. The number of aromatic nitrogens is 2. The monoisotopic (exact) mass is 246 g/mol. The van der Waals surface area contributed by atoms with Gasteiger partial charge in [0.2, 0.25) is 0 Å². The van der Waals surface area contributed by atoms with E-state index in [2.05, 4.69) is 4.98 Å². The molecule has 0 bridgehead atoms. The minimum absolute atomic E-state index is 0.288. The first-order chi connectivity index (χ1) is 8.66. The molecular formula is C13H8F2N2O. The highest BCUT2D eigenvalue weighted by Gasteiger charge is 2.10. The van der Waals surface area contributed by atoms with Gasteiger partial charge in [-0.25, -0.2) is 13.6 Å². The molecule has 0 fully saturated rings. The van der Waals surface area contributed by atoms with Gasteiger partial charge in [-0.05, 0) is 24.3 Å². The van der Waals surface area contributed by atoms with Gasteiger partial charge in [0.15, 0.2) is 11.6 Å². The van der Waals surface area contributed by atoms with Gasteiger partial charge in [0.25, 0.3) is 0 Å². The van der Waals surface area contributed by atoms with Crippen LogP contribution in [0.25, 0.3) is 16.7 Å². The van der Waals surface area contributed by atoms with E-state index in [1.807, 2.05) is 0 Å². The van der Waals surface area contributed by atoms with Crippen LogP contribution in [0.2, 0.25) is 0 Å². The highest BCUT2D eigenvalue weighted by atomic mass is 19.2. The number of halogens is 2. The topological polar surface area (TPSA) is 37.8 Å². The van der Waals surface area contributed by atoms with E-state index in [0.29, 0.717) is 11.0 Å². The van der Waals surface area contributed by atoms with Gasteiger partial charge in [-0.15, -0.1) is 0 Å². The molecule has 0 amide bonds. The van der Waals surface area contributed by atoms with E-state index < -0.39 is 11.6 Å². The summed E-state index contributed by atoms with van der Waals surface area (Å²) in [6.07, 6.45) is 0. The second-order valence-corrected chi connectivity index (χ2v) is 3.88. The van der Waals surface area contributed by atoms with Crippen LogP contribution in [0.1, 0.15) is 0 Å². The predicted molar refractivity (Wildman–Crippen MR) is 63.8 cm³/mol. The molecule has 0 aliphatic rings. The van der Waals surface area contributed by atoms with Gasteiger partial charge in [0.05, 0.1) is 16.7 Å². The fraction of sp³-hybridized carbons (Fsp3) is 0. The Morgan fingerprint density at radius 1 is 1.00 bits per heavy atom. The van der Waals surface area contributed by atoms with Crippen LogP contribution < -0.4 is 5.69 Å². The molecule has 18 heavy (non-hydrogen) atoms. The van der Waals surface area contributed by atoms with E-state index in [1.165, 1.54) is 10.6 Å². The van der Waals surface area contributed by atoms with Gasteiger partial charge in [-0.1, -0.05) is 12.1 Å². The molecular weight excluding hydrogens is 238 g/mol. The maximum Gasteiger partial charge on any atom is 0.331 e. The molecule has 3 nitrogen and oxygen atoms in total. The van der Waals surface area contributed by atoms with E-state index in [1.54, 1.807) is 24.3 Å². The third kappa shape index (κ3) is 1.52. The lowest BCUT2D eigenvalue weighted by Crippen LogP contribution is -2.14. The van der Waals surface area contributed by atoms with Crippen LogP contribution in [0.5, 0.6) is 0 Å². The van der Waals surface area contributed by atoms with Crippen molar-refractivity contribution in [1.29, 1.82) is 0 Å². The summed E-state index contributed by atoms with van der Waals surface area (Å²) < 4.78 is 27.4. The SMILES string of the molecule is O=c1[nH]c2ccccc2n1-c1ccc(F)c(F)c1. The van der Waals surface area contributed by atoms with Crippen LogP contribution in [0.3, 0.4) is 0 Å². The third-order valence-corrected chi connectivity index (χ3v) is 2.75. The van der Waals surface area contributed by atoms with Gasteiger partial charge in [-0.2, -0.15) is 0 Å². The largest absolute Gasteiger partial charge is 0.331 e. The number of nitrogens with one attached hydrogen (secondary N) is 1. The zero-order chi connectivity index (χ0) is 12.7. The minimum Gasteiger partial charge on any atom is -0.305 e. The number of para-hydroxylation sites is 2. The summed E-state index contributed by atoms with van der Waals surface area (Å²) in [6, 6.07) is 10.4. The molecule has 5 heteroatoms. The number of fused-ring (bicyclic) bond motifs is 1. The fourth-order valence-corrected chi connectivity index (χ4v) is 1.94. The molecule has 0 saturated carbocycles. The van der Waals surface area contributed by atoms with Gasteiger partial charge in [-0.3, -0.25) is 4.57 Å². The summed E-state index contributed by atoms with van der Waals surface area (Å²) in [5.74, 6) is -1.92. The van der Waals surface area contributed by atoms with Gasteiger partial charge < -0.3 is 4.98 Å². The van der Waals surface area contributed by atoms with Crippen LogP contribution in [-0.4, -0.2) is 9.55 Å². The maximum absolute atomic E-state index is 13.2. The lowest BCUT2D eigenvalue weighted by Gasteiger charge is -2.03. The first-order valence-electron chi connectivity index (χ1n) is 5.32. The van der Waals surface area contributed by atoms with Crippen LogP contribution >= 0.6 is 0 Å². The van der Waals surface area contributed by atoms with E-state index in [9.17, 15) is 13.6 Å². The second kappa shape index (κ2) is 3.80. The van der Waals surface area contributed by atoms with Crippen molar-refractivity contribution < 1.29 is 8.78 Å². The van der Waals surface area contributed by atoms with E-state index in [4.69, 9.17) is 0 Å². The maximum atomic E-state index is 13.2. The predicted octanol–water partition coefficient (Wildman–Crippen LogP) is 2.60. The first kappa shape index (κ1) is 10.7. The summed E-state index contributed by atoms with van der Waals surface area (Å²) in [5.41, 5.74) is 1.17.